The first-order chi connectivity index (χ1) is 13.3. The number of amides is 1. The summed E-state index contributed by atoms with van der Waals surface area (Å²) in [5, 5.41) is 7.18. The summed E-state index contributed by atoms with van der Waals surface area (Å²) in [6.07, 6.45) is 3.42. The molecule has 4 heterocycles. The number of benzene rings is 1. The van der Waals surface area contributed by atoms with Crippen LogP contribution in [0.2, 0.25) is 0 Å². The number of rotatable bonds is 3. The van der Waals surface area contributed by atoms with Gasteiger partial charge in [-0.15, -0.1) is 11.3 Å². The summed E-state index contributed by atoms with van der Waals surface area (Å²) in [5.74, 6) is 0.922. The second-order valence-corrected chi connectivity index (χ2v) is 7.45. The Balaban J connectivity index is 1.43. The van der Waals surface area contributed by atoms with Crippen LogP contribution in [0.3, 0.4) is 0 Å². The lowest BCUT2D eigenvalue weighted by molar-refractivity contribution is 0.0710. The molecule has 1 aliphatic rings. The standard InChI is InChI=1S/C20H16N4O2S/c25-20(14-6-7-17-13(12-14)8-11-27-17)24-10-3-5-16(24)19-22-18(23-26-19)15-4-1-2-9-21-15/h1-2,4,6-9,11-12,16H,3,5,10H2/t16-/m0/s1. The number of fused-ring (bicyclic) bond motifs is 1. The molecule has 0 spiro atoms. The summed E-state index contributed by atoms with van der Waals surface area (Å²) in [6, 6.07) is 13.2. The number of pyridine rings is 1. The van der Waals surface area contributed by atoms with Crippen LogP contribution in [0.1, 0.15) is 35.1 Å². The van der Waals surface area contributed by atoms with Crippen LogP contribution in [-0.4, -0.2) is 32.5 Å². The van der Waals surface area contributed by atoms with Gasteiger partial charge >= 0.3 is 0 Å². The van der Waals surface area contributed by atoms with Crippen molar-refractivity contribution in [1.82, 2.24) is 20.0 Å². The highest BCUT2D eigenvalue weighted by atomic mass is 32.1. The largest absolute Gasteiger partial charge is 0.337 e. The van der Waals surface area contributed by atoms with Gasteiger partial charge in [0.25, 0.3) is 5.91 Å². The number of carbonyl (C=O) groups excluding carboxylic acids is 1. The van der Waals surface area contributed by atoms with E-state index in [9.17, 15) is 4.79 Å². The van der Waals surface area contributed by atoms with E-state index < -0.39 is 0 Å². The highest BCUT2D eigenvalue weighted by Crippen LogP contribution is 2.33. The molecule has 1 saturated heterocycles. The third-order valence-electron chi connectivity index (χ3n) is 4.83. The fourth-order valence-corrected chi connectivity index (χ4v) is 4.27. The molecule has 1 atom stereocenters. The molecule has 0 aliphatic carbocycles. The lowest BCUT2D eigenvalue weighted by Crippen LogP contribution is -2.30. The minimum Gasteiger partial charge on any atom is -0.337 e. The van der Waals surface area contributed by atoms with Crippen molar-refractivity contribution in [3.8, 4) is 11.5 Å². The van der Waals surface area contributed by atoms with Gasteiger partial charge in [0.2, 0.25) is 11.7 Å². The van der Waals surface area contributed by atoms with Crippen molar-refractivity contribution in [2.75, 3.05) is 6.54 Å². The molecule has 1 amide bonds. The van der Waals surface area contributed by atoms with Crippen LogP contribution in [-0.2, 0) is 0 Å². The average Bonchev–Trinajstić information content (AvgIpc) is 3.47. The van der Waals surface area contributed by atoms with Crippen molar-refractivity contribution in [1.29, 1.82) is 0 Å². The highest BCUT2D eigenvalue weighted by molar-refractivity contribution is 7.17. The number of likely N-dealkylation sites (tertiary alicyclic amines) is 1. The summed E-state index contributed by atoms with van der Waals surface area (Å²) in [6.45, 7) is 0.687. The first-order valence-electron chi connectivity index (χ1n) is 8.83. The Kier molecular flexibility index (Phi) is 3.94. The zero-order valence-corrected chi connectivity index (χ0v) is 15.2. The van der Waals surface area contributed by atoms with Crippen molar-refractivity contribution in [3.63, 3.8) is 0 Å². The summed E-state index contributed by atoms with van der Waals surface area (Å²) < 4.78 is 6.67. The minimum absolute atomic E-state index is 0.00295. The second kappa shape index (κ2) is 6.59. The van der Waals surface area contributed by atoms with Gasteiger partial charge in [0.05, 0.1) is 0 Å². The molecule has 5 rings (SSSR count). The van der Waals surface area contributed by atoms with E-state index in [-0.39, 0.29) is 11.9 Å². The Morgan fingerprint density at radius 2 is 2.19 bits per heavy atom. The molecule has 0 bridgehead atoms. The topological polar surface area (TPSA) is 72.1 Å². The van der Waals surface area contributed by atoms with Crippen LogP contribution < -0.4 is 0 Å². The van der Waals surface area contributed by atoms with Gasteiger partial charge < -0.3 is 9.42 Å². The Morgan fingerprint density at radius 1 is 1.22 bits per heavy atom. The third kappa shape index (κ3) is 2.90. The van der Waals surface area contributed by atoms with Gasteiger partial charge in [0, 0.05) is 23.0 Å². The van der Waals surface area contributed by atoms with Crippen LogP contribution in [0.25, 0.3) is 21.6 Å². The van der Waals surface area contributed by atoms with Crippen molar-refractivity contribution in [3.05, 3.63) is 65.5 Å². The van der Waals surface area contributed by atoms with Crippen LogP contribution in [0, 0.1) is 0 Å². The number of aromatic nitrogens is 3. The lowest BCUT2D eigenvalue weighted by atomic mass is 10.1. The molecule has 1 aliphatic heterocycles. The Labute approximate surface area is 159 Å². The van der Waals surface area contributed by atoms with Crippen LogP contribution >= 0.6 is 11.3 Å². The molecule has 7 heteroatoms. The molecular formula is C20H16N4O2S. The van der Waals surface area contributed by atoms with Gasteiger partial charge in [-0.3, -0.25) is 9.78 Å². The molecule has 0 radical (unpaired) electrons. The SMILES string of the molecule is O=C(c1ccc2sccc2c1)N1CCC[C@H]1c1nc(-c2ccccn2)no1. The van der Waals surface area contributed by atoms with Crippen molar-refractivity contribution >= 4 is 27.3 Å². The van der Waals surface area contributed by atoms with Gasteiger partial charge in [-0.25, -0.2) is 0 Å². The zero-order chi connectivity index (χ0) is 18.2. The predicted octanol–water partition coefficient (Wildman–Crippen LogP) is 4.32. The van der Waals surface area contributed by atoms with Gasteiger partial charge in [0.15, 0.2) is 0 Å². The Hall–Kier alpha value is -3.06. The minimum atomic E-state index is -0.194. The first-order valence-corrected chi connectivity index (χ1v) is 9.71. The normalized spacial score (nSPS) is 16.9. The van der Waals surface area contributed by atoms with E-state index in [1.165, 1.54) is 4.70 Å². The summed E-state index contributed by atoms with van der Waals surface area (Å²) >= 11 is 1.67. The fourth-order valence-electron chi connectivity index (χ4n) is 3.50. The molecule has 0 N–H and O–H groups in total. The monoisotopic (exact) mass is 376 g/mol. The maximum Gasteiger partial charge on any atom is 0.254 e. The molecule has 0 saturated carbocycles. The van der Waals surface area contributed by atoms with E-state index in [4.69, 9.17) is 4.52 Å². The first kappa shape index (κ1) is 16.1. The molecule has 1 aromatic carbocycles. The molecule has 0 unspecified atom stereocenters. The molecule has 6 nitrogen and oxygen atoms in total. The molecule has 1 fully saturated rings. The molecule has 27 heavy (non-hydrogen) atoms. The van der Waals surface area contributed by atoms with Crippen molar-refractivity contribution in [2.24, 2.45) is 0 Å². The van der Waals surface area contributed by atoms with E-state index in [2.05, 4.69) is 15.1 Å². The zero-order valence-electron chi connectivity index (χ0n) is 14.4. The van der Waals surface area contributed by atoms with E-state index in [0.717, 1.165) is 18.2 Å². The molecule has 4 aromatic rings. The smallest absolute Gasteiger partial charge is 0.254 e. The van der Waals surface area contributed by atoms with Crippen LogP contribution in [0.5, 0.6) is 0 Å². The van der Waals surface area contributed by atoms with Crippen LogP contribution in [0.4, 0.5) is 0 Å². The number of hydrogen-bond acceptors (Lipinski definition) is 6. The quantitative estimate of drug-likeness (QED) is 0.532. The summed E-state index contributed by atoms with van der Waals surface area (Å²) in [7, 11) is 0. The van der Waals surface area contributed by atoms with Crippen molar-refractivity contribution in [2.45, 2.75) is 18.9 Å². The summed E-state index contributed by atoms with van der Waals surface area (Å²) in [5.41, 5.74) is 1.35. The van der Waals surface area contributed by atoms with E-state index >= 15 is 0 Å². The number of carbonyl (C=O) groups is 1. The second-order valence-electron chi connectivity index (χ2n) is 6.50. The van der Waals surface area contributed by atoms with E-state index in [1.54, 1.807) is 17.5 Å². The number of thiophene rings is 1. The molecule has 3 aromatic heterocycles. The lowest BCUT2D eigenvalue weighted by Gasteiger charge is -2.22. The molecule has 134 valence electrons. The maximum absolute atomic E-state index is 13.1. The van der Waals surface area contributed by atoms with Gasteiger partial charge in [-0.2, -0.15) is 4.98 Å². The van der Waals surface area contributed by atoms with Crippen molar-refractivity contribution < 1.29 is 9.32 Å². The van der Waals surface area contributed by atoms with Gasteiger partial charge in [0.1, 0.15) is 11.7 Å². The Bertz CT molecular complexity index is 1110. The van der Waals surface area contributed by atoms with E-state index in [0.29, 0.717) is 29.5 Å². The number of hydrogen-bond donors (Lipinski definition) is 0. The maximum atomic E-state index is 13.1. The van der Waals surface area contributed by atoms with Crippen LogP contribution in [0.15, 0.2) is 58.6 Å². The predicted molar refractivity (Wildman–Crippen MR) is 102 cm³/mol. The number of nitrogens with zero attached hydrogens (tertiary/aromatic N) is 4. The van der Waals surface area contributed by atoms with Gasteiger partial charge in [-0.05, 0) is 60.0 Å². The van der Waals surface area contributed by atoms with Gasteiger partial charge in [-0.1, -0.05) is 11.2 Å². The Morgan fingerprint density at radius 3 is 3.07 bits per heavy atom. The average molecular weight is 376 g/mol. The fraction of sp³-hybridized carbons (Fsp3) is 0.200. The highest BCUT2D eigenvalue weighted by Gasteiger charge is 2.34. The molecular weight excluding hydrogens is 360 g/mol. The summed E-state index contributed by atoms with van der Waals surface area (Å²) in [4.78, 5) is 23.7. The third-order valence-corrected chi connectivity index (χ3v) is 5.73. The van der Waals surface area contributed by atoms with E-state index in [1.807, 2.05) is 52.7 Å².